The van der Waals surface area contributed by atoms with E-state index in [4.69, 9.17) is 9.47 Å². The molecule has 0 N–H and O–H groups in total. The van der Waals surface area contributed by atoms with Crippen molar-refractivity contribution in [2.45, 2.75) is 64.2 Å². The first-order valence-electron chi connectivity index (χ1n) is 8.72. The summed E-state index contributed by atoms with van der Waals surface area (Å²) in [6.45, 7) is 4.89. The van der Waals surface area contributed by atoms with Gasteiger partial charge in [-0.25, -0.2) is 4.79 Å². The number of rotatable bonds is 6. The normalized spacial score (nSPS) is 18.5. The molecular formula is C19H26O3. The van der Waals surface area contributed by atoms with Crippen molar-refractivity contribution in [2.24, 2.45) is 0 Å². The number of hydrogen-bond acceptors (Lipinski definition) is 3. The molecule has 1 aromatic rings. The molecule has 2 aliphatic carbocycles. The number of carbonyl (C=O) groups excluding carboxylic acids is 1. The van der Waals surface area contributed by atoms with Gasteiger partial charge in [-0.1, -0.05) is 12.8 Å². The monoisotopic (exact) mass is 302 g/mol. The Morgan fingerprint density at radius 2 is 1.77 bits per heavy atom. The van der Waals surface area contributed by atoms with Gasteiger partial charge in [0.2, 0.25) is 0 Å². The van der Waals surface area contributed by atoms with Crippen molar-refractivity contribution in [2.75, 3.05) is 13.2 Å². The minimum atomic E-state index is -0.233. The maximum absolute atomic E-state index is 12.2. The zero-order valence-corrected chi connectivity index (χ0v) is 13.7. The van der Waals surface area contributed by atoms with Gasteiger partial charge in [0.1, 0.15) is 5.75 Å². The summed E-state index contributed by atoms with van der Waals surface area (Å²) in [6.07, 6.45) is 7.58. The largest absolute Gasteiger partial charge is 0.494 e. The molecule has 0 heterocycles. The Morgan fingerprint density at radius 3 is 2.36 bits per heavy atom. The van der Waals surface area contributed by atoms with Crippen molar-refractivity contribution in [3.05, 3.63) is 28.8 Å². The number of ether oxygens (including phenoxy) is 2. The second kappa shape index (κ2) is 6.72. The molecule has 0 amide bonds. The lowest BCUT2D eigenvalue weighted by Crippen LogP contribution is -2.10. The van der Waals surface area contributed by atoms with Gasteiger partial charge in [-0.3, -0.25) is 0 Å². The number of hydrogen-bond donors (Lipinski definition) is 0. The van der Waals surface area contributed by atoms with Crippen LogP contribution in [-0.2, 0) is 4.74 Å². The van der Waals surface area contributed by atoms with E-state index in [1.165, 1.54) is 49.7 Å². The fourth-order valence-corrected chi connectivity index (χ4v) is 3.64. The van der Waals surface area contributed by atoms with Gasteiger partial charge in [0.05, 0.1) is 18.8 Å². The van der Waals surface area contributed by atoms with Crippen LogP contribution in [0.5, 0.6) is 5.75 Å². The summed E-state index contributed by atoms with van der Waals surface area (Å²) in [5, 5.41) is 0. The van der Waals surface area contributed by atoms with E-state index in [9.17, 15) is 4.79 Å². The Kier molecular flexibility index (Phi) is 4.70. The molecule has 0 aromatic heterocycles. The number of carbonyl (C=O) groups is 1. The Hall–Kier alpha value is -1.51. The van der Waals surface area contributed by atoms with Crippen molar-refractivity contribution < 1.29 is 14.3 Å². The number of esters is 1. The molecule has 0 unspecified atom stereocenters. The van der Waals surface area contributed by atoms with E-state index < -0.39 is 0 Å². The average Bonchev–Trinajstić information content (AvgIpc) is 3.22. The zero-order chi connectivity index (χ0) is 15.5. The highest BCUT2D eigenvalue weighted by molar-refractivity contribution is 5.90. The van der Waals surface area contributed by atoms with Crippen LogP contribution in [0.3, 0.4) is 0 Å². The molecule has 3 heteroatoms. The van der Waals surface area contributed by atoms with Gasteiger partial charge in [-0.15, -0.1) is 0 Å². The van der Waals surface area contributed by atoms with Crippen LogP contribution in [0.2, 0.25) is 0 Å². The Labute approximate surface area is 133 Å². The minimum absolute atomic E-state index is 0.233. The van der Waals surface area contributed by atoms with Crippen molar-refractivity contribution in [3.63, 3.8) is 0 Å². The molecule has 120 valence electrons. The van der Waals surface area contributed by atoms with Crippen LogP contribution in [0, 0.1) is 0 Å². The standard InChI is InChI=1S/C19H26O3/c1-3-21-17-12-15(19(20)22-4-2)11-16(13-9-10-13)18(17)14-7-5-6-8-14/h11-14H,3-10H2,1-2H3. The van der Waals surface area contributed by atoms with E-state index in [0.717, 1.165) is 5.75 Å². The van der Waals surface area contributed by atoms with Gasteiger partial charge in [0.15, 0.2) is 0 Å². The molecule has 0 atom stereocenters. The lowest BCUT2D eigenvalue weighted by molar-refractivity contribution is 0.0525. The van der Waals surface area contributed by atoms with Gasteiger partial charge in [0, 0.05) is 5.56 Å². The average molecular weight is 302 g/mol. The minimum Gasteiger partial charge on any atom is -0.494 e. The first-order chi connectivity index (χ1) is 10.7. The third-order valence-corrected chi connectivity index (χ3v) is 4.77. The summed E-state index contributed by atoms with van der Waals surface area (Å²) in [4.78, 5) is 12.2. The molecule has 0 aliphatic heterocycles. The van der Waals surface area contributed by atoms with Crippen LogP contribution >= 0.6 is 0 Å². The van der Waals surface area contributed by atoms with E-state index in [0.29, 0.717) is 30.6 Å². The van der Waals surface area contributed by atoms with Gasteiger partial charge in [0.25, 0.3) is 0 Å². The predicted octanol–water partition coefficient (Wildman–Crippen LogP) is 4.80. The Bertz CT molecular complexity index is 540. The predicted molar refractivity (Wildman–Crippen MR) is 86.8 cm³/mol. The molecule has 0 radical (unpaired) electrons. The van der Waals surface area contributed by atoms with Crippen LogP contribution in [0.4, 0.5) is 0 Å². The first kappa shape index (κ1) is 15.4. The molecule has 3 nitrogen and oxygen atoms in total. The molecule has 3 rings (SSSR count). The van der Waals surface area contributed by atoms with Crippen molar-refractivity contribution in [1.29, 1.82) is 0 Å². The van der Waals surface area contributed by atoms with Gasteiger partial charge in [-0.05, 0) is 69.1 Å². The Morgan fingerprint density at radius 1 is 1.05 bits per heavy atom. The highest BCUT2D eigenvalue weighted by atomic mass is 16.5. The quantitative estimate of drug-likeness (QED) is 0.708. The fraction of sp³-hybridized carbons (Fsp3) is 0.632. The van der Waals surface area contributed by atoms with Gasteiger partial charge < -0.3 is 9.47 Å². The summed E-state index contributed by atoms with van der Waals surface area (Å²) < 4.78 is 11.1. The third kappa shape index (κ3) is 3.13. The summed E-state index contributed by atoms with van der Waals surface area (Å²) >= 11 is 0. The summed E-state index contributed by atoms with van der Waals surface area (Å²) in [5.74, 6) is 1.91. The molecular weight excluding hydrogens is 276 g/mol. The van der Waals surface area contributed by atoms with Gasteiger partial charge in [-0.2, -0.15) is 0 Å². The fourth-order valence-electron chi connectivity index (χ4n) is 3.64. The van der Waals surface area contributed by atoms with E-state index in [1.807, 2.05) is 19.9 Å². The summed E-state index contributed by atoms with van der Waals surface area (Å²) in [5.41, 5.74) is 3.38. The van der Waals surface area contributed by atoms with E-state index in [-0.39, 0.29) is 5.97 Å². The molecule has 2 saturated carbocycles. The van der Waals surface area contributed by atoms with E-state index in [2.05, 4.69) is 6.07 Å². The van der Waals surface area contributed by atoms with E-state index >= 15 is 0 Å². The van der Waals surface area contributed by atoms with Crippen molar-refractivity contribution in [3.8, 4) is 5.75 Å². The lowest BCUT2D eigenvalue weighted by Gasteiger charge is -2.21. The molecule has 22 heavy (non-hydrogen) atoms. The molecule has 2 aliphatic rings. The second-order valence-electron chi connectivity index (χ2n) is 6.39. The number of benzene rings is 1. The summed E-state index contributed by atoms with van der Waals surface area (Å²) in [7, 11) is 0. The van der Waals surface area contributed by atoms with Crippen molar-refractivity contribution >= 4 is 5.97 Å². The van der Waals surface area contributed by atoms with Crippen LogP contribution in [0.25, 0.3) is 0 Å². The molecule has 0 bridgehead atoms. The highest BCUT2D eigenvalue weighted by Gasteiger charge is 2.33. The molecule has 0 saturated heterocycles. The highest BCUT2D eigenvalue weighted by Crippen LogP contribution is 2.49. The molecule has 0 spiro atoms. The first-order valence-corrected chi connectivity index (χ1v) is 8.72. The third-order valence-electron chi connectivity index (χ3n) is 4.77. The van der Waals surface area contributed by atoms with Crippen molar-refractivity contribution in [1.82, 2.24) is 0 Å². The van der Waals surface area contributed by atoms with E-state index in [1.54, 1.807) is 0 Å². The van der Waals surface area contributed by atoms with Crippen LogP contribution in [0.15, 0.2) is 12.1 Å². The topological polar surface area (TPSA) is 35.5 Å². The smallest absolute Gasteiger partial charge is 0.338 e. The molecule has 1 aromatic carbocycles. The van der Waals surface area contributed by atoms with Crippen LogP contribution in [0.1, 0.15) is 85.7 Å². The maximum Gasteiger partial charge on any atom is 0.338 e. The molecule has 2 fully saturated rings. The SMILES string of the molecule is CCOC(=O)c1cc(OCC)c(C2CCCC2)c(C2CC2)c1. The zero-order valence-electron chi connectivity index (χ0n) is 13.7. The maximum atomic E-state index is 12.2. The second-order valence-corrected chi connectivity index (χ2v) is 6.39. The van der Waals surface area contributed by atoms with Crippen LogP contribution in [-0.4, -0.2) is 19.2 Å². The lowest BCUT2D eigenvalue weighted by atomic mass is 9.88. The summed E-state index contributed by atoms with van der Waals surface area (Å²) in [6, 6.07) is 3.98. The van der Waals surface area contributed by atoms with Crippen LogP contribution < -0.4 is 4.74 Å². The Balaban J connectivity index is 2.03. The van der Waals surface area contributed by atoms with Gasteiger partial charge >= 0.3 is 5.97 Å².